The number of fused-ring (bicyclic) bond motifs is 1. The van der Waals surface area contributed by atoms with E-state index in [-0.39, 0.29) is 11.5 Å². The first-order chi connectivity index (χ1) is 12.2. The molecule has 0 N–H and O–H groups in total. The second-order valence-corrected chi connectivity index (χ2v) is 6.42. The molecule has 1 aliphatic heterocycles. The monoisotopic (exact) mass is 348 g/mol. The summed E-state index contributed by atoms with van der Waals surface area (Å²) in [7, 11) is 0. The molecule has 0 saturated carbocycles. The number of Topliss-reactive ketones (excluding diaryl/α,β-unsaturated/α-hetero) is 1. The molecule has 2 aromatic carbocycles. The highest BCUT2D eigenvalue weighted by Crippen LogP contribution is 2.41. The Kier molecular flexibility index (Phi) is 3.99. The Bertz CT molecular complexity index is 986. The zero-order valence-electron chi connectivity index (χ0n) is 13.0. The Balaban J connectivity index is 1.64. The highest BCUT2D eigenvalue weighted by Gasteiger charge is 2.25. The van der Waals surface area contributed by atoms with Gasteiger partial charge in [-0.2, -0.15) is 0 Å². The van der Waals surface area contributed by atoms with Crippen molar-refractivity contribution in [2.45, 2.75) is 4.90 Å². The van der Waals surface area contributed by atoms with Crippen LogP contribution < -0.4 is 4.74 Å². The lowest BCUT2D eigenvalue weighted by Gasteiger charge is -2.06. The summed E-state index contributed by atoms with van der Waals surface area (Å²) in [6.07, 6.45) is 3.16. The van der Waals surface area contributed by atoms with Gasteiger partial charge in [0, 0.05) is 16.0 Å². The molecule has 0 aliphatic carbocycles. The van der Waals surface area contributed by atoms with Gasteiger partial charge < -0.3 is 9.15 Å². The molecule has 0 fully saturated rings. The van der Waals surface area contributed by atoms with Gasteiger partial charge >= 0.3 is 5.97 Å². The fourth-order valence-corrected chi connectivity index (χ4v) is 3.56. The predicted molar refractivity (Wildman–Crippen MR) is 94.7 cm³/mol. The van der Waals surface area contributed by atoms with Crippen molar-refractivity contribution in [3.63, 3.8) is 0 Å². The maximum Gasteiger partial charge on any atom is 0.379 e. The van der Waals surface area contributed by atoms with Gasteiger partial charge in [-0.3, -0.25) is 4.79 Å². The number of rotatable bonds is 3. The molecule has 122 valence electrons. The molecular formula is C20H12O4S. The Morgan fingerprint density at radius 1 is 1.00 bits per heavy atom. The second-order valence-electron chi connectivity index (χ2n) is 5.34. The van der Waals surface area contributed by atoms with Crippen molar-refractivity contribution in [1.82, 2.24) is 0 Å². The second kappa shape index (κ2) is 6.45. The number of ketones is 1. The number of allylic oxidation sites excluding steroid dienone is 1. The van der Waals surface area contributed by atoms with Gasteiger partial charge in [-0.05, 0) is 36.4 Å². The van der Waals surface area contributed by atoms with E-state index < -0.39 is 5.97 Å². The molecule has 5 heteroatoms. The molecular weight excluding hydrogens is 336 g/mol. The van der Waals surface area contributed by atoms with E-state index in [0.717, 1.165) is 4.90 Å². The minimum atomic E-state index is -0.579. The van der Waals surface area contributed by atoms with Gasteiger partial charge in [0.15, 0.2) is 0 Å². The smallest absolute Gasteiger partial charge is 0.379 e. The zero-order valence-corrected chi connectivity index (χ0v) is 13.8. The van der Waals surface area contributed by atoms with Gasteiger partial charge in [0.1, 0.15) is 5.75 Å². The molecule has 0 atom stereocenters. The van der Waals surface area contributed by atoms with Crippen LogP contribution in [0.5, 0.6) is 5.75 Å². The highest BCUT2D eigenvalue weighted by molar-refractivity contribution is 8.04. The summed E-state index contributed by atoms with van der Waals surface area (Å²) >= 11 is 1.42. The predicted octanol–water partition coefficient (Wildman–Crippen LogP) is 4.83. The summed E-state index contributed by atoms with van der Waals surface area (Å²) in [6.45, 7) is 0. The normalized spacial score (nSPS) is 14.6. The number of furan rings is 1. The van der Waals surface area contributed by atoms with Crippen LogP contribution in [-0.4, -0.2) is 11.8 Å². The average Bonchev–Trinajstić information content (AvgIpc) is 3.26. The molecule has 25 heavy (non-hydrogen) atoms. The van der Waals surface area contributed by atoms with Crippen molar-refractivity contribution in [3.05, 3.63) is 88.7 Å². The third-order valence-electron chi connectivity index (χ3n) is 3.71. The van der Waals surface area contributed by atoms with Crippen LogP contribution in [0.2, 0.25) is 0 Å². The topological polar surface area (TPSA) is 56.5 Å². The van der Waals surface area contributed by atoms with Gasteiger partial charge in [0.25, 0.3) is 0 Å². The van der Waals surface area contributed by atoms with Crippen LogP contribution in [-0.2, 0) is 0 Å². The lowest BCUT2D eigenvalue weighted by Crippen LogP contribution is -2.08. The summed E-state index contributed by atoms with van der Waals surface area (Å²) < 4.78 is 10.5. The average molecular weight is 348 g/mol. The Morgan fingerprint density at radius 3 is 2.60 bits per heavy atom. The van der Waals surface area contributed by atoms with E-state index in [1.807, 2.05) is 30.3 Å². The zero-order chi connectivity index (χ0) is 17.2. The van der Waals surface area contributed by atoms with E-state index in [4.69, 9.17) is 9.15 Å². The van der Waals surface area contributed by atoms with Crippen LogP contribution in [0.3, 0.4) is 0 Å². The molecule has 2 heterocycles. The number of para-hydroxylation sites is 1. The Labute approximate surface area is 148 Å². The minimum Gasteiger partial charge on any atom is -0.457 e. The summed E-state index contributed by atoms with van der Waals surface area (Å²) in [5.74, 6) is -0.0979. The Hall–Kier alpha value is -3.05. The van der Waals surface area contributed by atoms with Gasteiger partial charge in [-0.25, -0.2) is 4.79 Å². The van der Waals surface area contributed by atoms with Crippen LogP contribution in [0.4, 0.5) is 0 Å². The summed E-state index contributed by atoms with van der Waals surface area (Å²) in [5, 5.41) is 0. The van der Waals surface area contributed by atoms with Crippen molar-refractivity contribution in [3.8, 4) is 5.75 Å². The molecule has 0 radical (unpaired) electrons. The molecule has 4 nitrogen and oxygen atoms in total. The van der Waals surface area contributed by atoms with E-state index in [1.54, 1.807) is 30.3 Å². The van der Waals surface area contributed by atoms with E-state index >= 15 is 0 Å². The summed E-state index contributed by atoms with van der Waals surface area (Å²) in [6, 6.07) is 17.7. The lowest BCUT2D eigenvalue weighted by molar-refractivity contribution is 0.0701. The number of carbonyl (C=O) groups is 2. The van der Waals surface area contributed by atoms with E-state index in [0.29, 0.717) is 21.8 Å². The fourth-order valence-electron chi connectivity index (χ4n) is 2.51. The van der Waals surface area contributed by atoms with Crippen LogP contribution in [0.15, 0.2) is 81.1 Å². The van der Waals surface area contributed by atoms with Crippen LogP contribution in [0.1, 0.15) is 26.5 Å². The summed E-state index contributed by atoms with van der Waals surface area (Å²) in [5.41, 5.74) is 1.36. The van der Waals surface area contributed by atoms with Crippen molar-refractivity contribution >= 4 is 29.6 Å². The fraction of sp³-hybridized carbons (Fsp3) is 0. The number of esters is 1. The van der Waals surface area contributed by atoms with E-state index in [1.165, 1.54) is 24.1 Å². The van der Waals surface area contributed by atoms with Crippen LogP contribution in [0.25, 0.3) is 6.08 Å². The lowest BCUT2D eigenvalue weighted by atomic mass is 10.1. The van der Waals surface area contributed by atoms with Gasteiger partial charge in [0.2, 0.25) is 11.5 Å². The van der Waals surface area contributed by atoms with Crippen LogP contribution in [0, 0.1) is 0 Å². The standard InChI is InChI=1S/C20H12O4S/c21-19-14-7-2-4-10-17(14)25-18(19)12-13-6-1-3-8-15(13)24-20(22)16-9-5-11-23-16/h1-12H/b18-12-. The molecule has 0 saturated heterocycles. The third kappa shape index (κ3) is 3.02. The first-order valence-electron chi connectivity index (χ1n) is 7.60. The number of thioether (sulfide) groups is 1. The number of hydrogen-bond donors (Lipinski definition) is 0. The van der Waals surface area contributed by atoms with Gasteiger partial charge in [0.05, 0.1) is 11.2 Å². The molecule has 1 aromatic heterocycles. The van der Waals surface area contributed by atoms with E-state index in [9.17, 15) is 9.59 Å². The first-order valence-corrected chi connectivity index (χ1v) is 8.42. The maximum absolute atomic E-state index is 12.5. The van der Waals surface area contributed by atoms with Gasteiger partial charge in [-0.15, -0.1) is 0 Å². The molecule has 0 amide bonds. The first kappa shape index (κ1) is 15.5. The van der Waals surface area contributed by atoms with E-state index in [2.05, 4.69) is 0 Å². The van der Waals surface area contributed by atoms with Crippen molar-refractivity contribution in [1.29, 1.82) is 0 Å². The maximum atomic E-state index is 12.5. The minimum absolute atomic E-state index is 0.0206. The van der Waals surface area contributed by atoms with Crippen LogP contribution >= 0.6 is 11.8 Å². The molecule has 0 spiro atoms. The molecule has 0 bridgehead atoms. The van der Waals surface area contributed by atoms with Crippen molar-refractivity contribution in [2.75, 3.05) is 0 Å². The number of hydrogen-bond acceptors (Lipinski definition) is 5. The number of ether oxygens (including phenoxy) is 1. The quantitative estimate of drug-likeness (QED) is 0.385. The number of carbonyl (C=O) groups excluding carboxylic acids is 2. The van der Waals surface area contributed by atoms with Gasteiger partial charge in [-0.1, -0.05) is 42.1 Å². The Morgan fingerprint density at radius 2 is 1.80 bits per heavy atom. The third-order valence-corrected chi connectivity index (χ3v) is 4.81. The summed E-state index contributed by atoms with van der Waals surface area (Å²) in [4.78, 5) is 26.1. The van der Waals surface area contributed by atoms with Crippen molar-refractivity contribution < 1.29 is 18.7 Å². The number of benzene rings is 2. The molecule has 1 aliphatic rings. The highest BCUT2D eigenvalue weighted by atomic mass is 32.2. The van der Waals surface area contributed by atoms with Crippen molar-refractivity contribution in [2.24, 2.45) is 0 Å². The molecule has 3 aromatic rings. The largest absolute Gasteiger partial charge is 0.457 e. The SMILES string of the molecule is O=C(Oc1ccccc1/C=C1\Sc2ccccc2C1=O)c1ccco1. The molecule has 4 rings (SSSR count). The molecule has 0 unspecified atom stereocenters.